The van der Waals surface area contributed by atoms with Crippen LogP contribution in [-0.4, -0.2) is 23.5 Å². The van der Waals surface area contributed by atoms with Crippen molar-refractivity contribution in [3.05, 3.63) is 70.0 Å². The fraction of sp³-hybridized carbons (Fsp3) is 0.150. The summed E-state index contributed by atoms with van der Waals surface area (Å²) in [7, 11) is 0. The molecule has 6 heteroatoms. The Morgan fingerprint density at radius 2 is 1.85 bits per heavy atom. The molecule has 0 aliphatic heterocycles. The molecule has 0 radical (unpaired) electrons. The van der Waals surface area contributed by atoms with E-state index in [1.165, 1.54) is 11.3 Å². The highest BCUT2D eigenvalue weighted by Gasteiger charge is 2.20. The number of aromatic nitrogens is 1. The van der Waals surface area contributed by atoms with Gasteiger partial charge < -0.3 is 10.1 Å². The van der Waals surface area contributed by atoms with Gasteiger partial charge >= 0.3 is 5.97 Å². The molecule has 1 heterocycles. The Morgan fingerprint density at radius 3 is 2.58 bits per heavy atom. The molecule has 1 aromatic heterocycles. The molecule has 3 aromatic rings. The lowest BCUT2D eigenvalue weighted by molar-refractivity contribution is -0.119. The van der Waals surface area contributed by atoms with E-state index in [2.05, 4.69) is 10.3 Å². The van der Waals surface area contributed by atoms with Gasteiger partial charge in [-0.1, -0.05) is 42.5 Å². The van der Waals surface area contributed by atoms with Gasteiger partial charge in [0.15, 0.2) is 6.61 Å². The third-order valence-electron chi connectivity index (χ3n) is 3.60. The Kier molecular flexibility index (Phi) is 5.43. The minimum absolute atomic E-state index is 0.349. The number of aryl methyl sites for hydroxylation is 2. The van der Waals surface area contributed by atoms with Crippen LogP contribution in [0, 0.1) is 13.8 Å². The number of amides is 1. The number of nitrogens with one attached hydrogen (secondary N) is 1. The molecule has 0 atom stereocenters. The molecule has 0 saturated carbocycles. The maximum absolute atomic E-state index is 12.4. The van der Waals surface area contributed by atoms with E-state index in [-0.39, 0.29) is 12.5 Å². The van der Waals surface area contributed by atoms with Gasteiger partial charge in [0.25, 0.3) is 5.91 Å². The van der Waals surface area contributed by atoms with E-state index in [1.54, 1.807) is 6.07 Å². The molecule has 2 aromatic carbocycles. The summed E-state index contributed by atoms with van der Waals surface area (Å²) in [5.74, 6) is -0.930. The molecule has 0 bridgehead atoms. The lowest BCUT2D eigenvalue weighted by atomic mass is 10.1. The van der Waals surface area contributed by atoms with Gasteiger partial charge in [0.2, 0.25) is 0 Å². The minimum Gasteiger partial charge on any atom is -0.451 e. The van der Waals surface area contributed by atoms with E-state index in [1.807, 2.05) is 62.4 Å². The second-order valence-corrected chi connectivity index (χ2v) is 6.97. The smallest absolute Gasteiger partial charge is 0.351 e. The number of hydrogen-bond acceptors (Lipinski definition) is 5. The van der Waals surface area contributed by atoms with Gasteiger partial charge in [-0.15, -0.1) is 11.3 Å². The summed E-state index contributed by atoms with van der Waals surface area (Å²) in [6.45, 7) is 3.42. The van der Waals surface area contributed by atoms with Crippen LogP contribution in [0.1, 0.15) is 20.2 Å². The van der Waals surface area contributed by atoms with Crippen LogP contribution in [0.5, 0.6) is 0 Å². The molecule has 0 spiro atoms. The SMILES string of the molecule is Cc1cccc(NC(=O)COC(=O)c2sc(C)nc2-c2ccccc2)c1. The lowest BCUT2D eigenvalue weighted by Gasteiger charge is -2.07. The number of hydrogen-bond donors (Lipinski definition) is 1. The Morgan fingerprint density at radius 1 is 1.08 bits per heavy atom. The zero-order valence-corrected chi connectivity index (χ0v) is 15.3. The van der Waals surface area contributed by atoms with Crippen LogP contribution < -0.4 is 5.32 Å². The largest absolute Gasteiger partial charge is 0.451 e. The Balaban J connectivity index is 1.66. The first-order valence-corrected chi connectivity index (χ1v) is 8.91. The highest BCUT2D eigenvalue weighted by Crippen LogP contribution is 2.28. The lowest BCUT2D eigenvalue weighted by Crippen LogP contribution is -2.20. The van der Waals surface area contributed by atoms with Crippen molar-refractivity contribution in [1.29, 1.82) is 0 Å². The molecule has 0 saturated heterocycles. The van der Waals surface area contributed by atoms with Gasteiger partial charge in [-0.25, -0.2) is 9.78 Å². The molecule has 0 aliphatic carbocycles. The summed E-state index contributed by atoms with van der Waals surface area (Å²) >= 11 is 1.26. The van der Waals surface area contributed by atoms with Crippen LogP contribution >= 0.6 is 11.3 Å². The van der Waals surface area contributed by atoms with Crippen molar-refractivity contribution in [3.8, 4) is 11.3 Å². The molecule has 0 unspecified atom stereocenters. The highest BCUT2D eigenvalue weighted by atomic mass is 32.1. The summed E-state index contributed by atoms with van der Waals surface area (Å²) in [4.78, 5) is 29.3. The van der Waals surface area contributed by atoms with Crippen molar-refractivity contribution in [2.24, 2.45) is 0 Å². The second-order valence-electron chi connectivity index (χ2n) is 5.77. The van der Waals surface area contributed by atoms with Crippen molar-refractivity contribution < 1.29 is 14.3 Å². The third kappa shape index (κ3) is 4.34. The summed E-state index contributed by atoms with van der Waals surface area (Å²) in [5.41, 5.74) is 3.13. The predicted octanol–water partition coefficient (Wildman–Crippen LogP) is 4.22. The minimum atomic E-state index is -0.547. The molecule has 1 N–H and O–H groups in total. The molecule has 0 fully saturated rings. The van der Waals surface area contributed by atoms with Crippen LogP contribution in [0.3, 0.4) is 0 Å². The third-order valence-corrected chi connectivity index (χ3v) is 4.55. The maximum atomic E-state index is 12.4. The van der Waals surface area contributed by atoms with Crippen LogP contribution in [0.15, 0.2) is 54.6 Å². The Bertz CT molecular complexity index is 935. The van der Waals surface area contributed by atoms with Gasteiger partial charge in [0.1, 0.15) is 4.88 Å². The summed E-state index contributed by atoms with van der Waals surface area (Å²) < 4.78 is 5.19. The van der Waals surface area contributed by atoms with Crippen LogP contribution in [0.25, 0.3) is 11.3 Å². The van der Waals surface area contributed by atoms with E-state index in [4.69, 9.17) is 4.74 Å². The number of nitrogens with zero attached hydrogens (tertiary/aromatic N) is 1. The van der Waals surface area contributed by atoms with Crippen molar-refractivity contribution in [3.63, 3.8) is 0 Å². The van der Waals surface area contributed by atoms with Gasteiger partial charge in [-0.3, -0.25) is 4.79 Å². The standard InChI is InChI=1S/C20H18N2O3S/c1-13-7-6-10-16(11-13)22-17(23)12-25-20(24)19-18(21-14(2)26-19)15-8-4-3-5-9-15/h3-11H,12H2,1-2H3,(H,22,23). The first-order valence-electron chi connectivity index (χ1n) is 8.09. The van der Waals surface area contributed by atoms with Crippen molar-refractivity contribution >= 4 is 28.9 Å². The van der Waals surface area contributed by atoms with E-state index >= 15 is 0 Å². The van der Waals surface area contributed by atoms with E-state index < -0.39 is 5.97 Å². The number of benzene rings is 2. The monoisotopic (exact) mass is 366 g/mol. The first-order chi connectivity index (χ1) is 12.5. The Labute approximate surface area is 155 Å². The number of esters is 1. The molecular formula is C20H18N2O3S. The van der Waals surface area contributed by atoms with Gasteiger partial charge in [0.05, 0.1) is 10.7 Å². The average Bonchev–Trinajstić information content (AvgIpc) is 3.02. The zero-order valence-electron chi connectivity index (χ0n) is 14.5. The quantitative estimate of drug-likeness (QED) is 0.687. The molecule has 1 amide bonds. The van der Waals surface area contributed by atoms with Gasteiger partial charge in [-0.05, 0) is 31.5 Å². The van der Waals surface area contributed by atoms with Gasteiger partial charge in [0, 0.05) is 11.3 Å². The van der Waals surface area contributed by atoms with Crippen molar-refractivity contribution in [1.82, 2.24) is 4.98 Å². The van der Waals surface area contributed by atoms with Crippen LogP contribution in [0.2, 0.25) is 0 Å². The number of carbonyl (C=O) groups is 2. The number of anilines is 1. The predicted molar refractivity (Wildman–Crippen MR) is 102 cm³/mol. The summed E-state index contributed by atoms with van der Waals surface area (Å²) in [6.07, 6.45) is 0. The van der Waals surface area contributed by atoms with Gasteiger partial charge in [-0.2, -0.15) is 0 Å². The number of ether oxygens (including phenoxy) is 1. The highest BCUT2D eigenvalue weighted by molar-refractivity contribution is 7.14. The number of thiazole rings is 1. The van der Waals surface area contributed by atoms with Crippen molar-refractivity contribution in [2.75, 3.05) is 11.9 Å². The molecular weight excluding hydrogens is 348 g/mol. The fourth-order valence-corrected chi connectivity index (χ4v) is 3.31. The van der Waals surface area contributed by atoms with E-state index in [9.17, 15) is 9.59 Å². The van der Waals surface area contributed by atoms with Crippen LogP contribution in [-0.2, 0) is 9.53 Å². The number of rotatable bonds is 5. The average molecular weight is 366 g/mol. The van der Waals surface area contributed by atoms with E-state index in [0.717, 1.165) is 16.1 Å². The van der Waals surface area contributed by atoms with Crippen LogP contribution in [0.4, 0.5) is 5.69 Å². The maximum Gasteiger partial charge on any atom is 0.351 e. The Hall–Kier alpha value is -2.99. The second kappa shape index (κ2) is 7.93. The summed E-state index contributed by atoms with van der Waals surface area (Å²) in [5, 5.41) is 3.48. The topological polar surface area (TPSA) is 68.3 Å². The fourth-order valence-electron chi connectivity index (χ4n) is 2.47. The molecule has 0 aliphatic rings. The van der Waals surface area contributed by atoms with Crippen molar-refractivity contribution in [2.45, 2.75) is 13.8 Å². The van der Waals surface area contributed by atoms with E-state index in [0.29, 0.717) is 16.3 Å². The zero-order chi connectivity index (χ0) is 18.5. The summed E-state index contributed by atoms with van der Waals surface area (Å²) in [6, 6.07) is 16.9. The molecule has 5 nitrogen and oxygen atoms in total. The molecule has 26 heavy (non-hydrogen) atoms. The molecule has 3 rings (SSSR count). The number of carbonyl (C=O) groups excluding carboxylic acids is 2. The molecule has 132 valence electrons. The first kappa shape index (κ1) is 17.8. The normalized spacial score (nSPS) is 10.4.